The third-order valence-corrected chi connectivity index (χ3v) is 5.98. The summed E-state index contributed by atoms with van der Waals surface area (Å²) >= 11 is 0. The van der Waals surface area contributed by atoms with E-state index >= 15 is 0 Å². The highest BCUT2D eigenvalue weighted by atomic mass is 16.6. The molecule has 5 heteroatoms. The first-order chi connectivity index (χ1) is 16.7. The van der Waals surface area contributed by atoms with Crippen LogP contribution in [0.15, 0.2) is 48.5 Å². The van der Waals surface area contributed by atoms with Crippen molar-refractivity contribution in [1.82, 2.24) is 0 Å². The van der Waals surface area contributed by atoms with Crippen molar-refractivity contribution in [2.75, 3.05) is 19.8 Å². The second kappa shape index (κ2) is 15.4. The van der Waals surface area contributed by atoms with Crippen LogP contribution in [0.2, 0.25) is 0 Å². The van der Waals surface area contributed by atoms with Crippen LogP contribution in [0.25, 0.3) is 0 Å². The van der Waals surface area contributed by atoms with Crippen LogP contribution in [0.5, 0.6) is 17.2 Å². The zero-order valence-electron chi connectivity index (χ0n) is 20.6. The Morgan fingerprint density at radius 2 is 1.24 bits per heavy atom. The Balaban J connectivity index is 1.27. The second-order valence-electron chi connectivity index (χ2n) is 9.01. The highest BCUT2D eigenvalue weighted by Crippen LogP contribution is 2.21. The van der Waals surface area contributed by atoms with Crippen LogP contribution in [0, 0.1) is 0 Å². The second-order valence-corrected chi connectivity index (χ2v) is 9.01. The summed E-state index contributed by atoms with van der Waals surface area (Å²) in [6, 6.07) is 14.3. The number of epoxide rings is 1. The first kappa shape index (κ1) is 26.1. The molecule has 1 heterocycles. The maximum absolute atomic E-state index is 12.4. The van der Waals surface area contributed by atoms with Crippen LogP contribution in [0.4, 0.5) is 0 Å². The molecular formula is C29H40O5. The van der Waals surface area contributed by atoms with E-state index < -0.39 is 0 Å². The molecule has 0 aliphatic carbocycles. The first-order valence-electron chi connectivity index (χ1n) is 13.0. The van der Waals surface area contributed by atoms with E-state index in [2.05, 4.69) is 6.92 Å². The zero-order chi connectivity index (χ0) is 23.8. The fourth-order valence-corrected chi connectivity index (χ4v) is 3.78. The lowest BCUT2D eigenvalue weighted by atomic mass is 10.1. The van der Waals surface area contributed by atoms with E-state index in [9.17, 15) is 4.79 Å². The minimum atomic E-state index is -0.381. The van der Waals surface area contributed by atoms with Crippen LogP contribution >= 0.6 is 0 Å². The fourth-order valence-electron chi connectivity index (χ4n) is 3.78. The van der Waals surface area contributed by atoms with E-state index in [4.69, 9.17) is 18.9 Å². The predicted octanol–water partition coefficient (Wildman–Crippen LogP) is 7.37. The summed E-state index contributed by atoms with van der Waals surface area (Å²) in [5.41, 5.74) is 0.500. The van der Waals surface area contributed by atoms with Gasteiger partial charge in [-0.15, -0.1) is 0 Å². The van der Waals surface area contributed by atoms with Gasteiger partial charge in [-0.1, -0.05) is 58.3 Å². The quantitative estimate of drug-likeness (QED) is 0.0989. The summed E-state index contributed by atoms with van der Waals surface area (Å²) in [7, 11) is 0. The van der Waals surface area contributed by atoms with E-state index in [0.717, 1.165) is 30.9 Å². The molecule has 1 aliphatic rings. The highest BCUT2D eigenvalue weighted by molar-refractivity contribution is 5.91. The lowest BCUT2D eigenvalue weighted by Crippen LogP contribution is -2.08. The number of benzene rings is 2. The molecule has 0 saturated carbocycles. The zero-order valence-corrected chi connectivity index (χ0v) is 20.6. The van der Waals surface area contributed by atoms with Crippen molar-refractivity contribution >= 4 is 5.97 Å². The average Bonchev–Trinajstić information content (AvgIpc) is 3.69. The molecule has 1 fully saturated rings. The van der Waals surface area contributed by atoms with Gasteiger partial charge >= 0.3 is 5.97 Å². The van der Waals surface area contributed by atoms with Gasteiger partial charge < -0.3 is 18.9 Å². The molecule has 0 aromatic heterocycles. The Kier molecular flexibility index (Phi) is 11.8. The van der Waals surface area contributed by atoms with Gasteiger partial charge in [0.25, 0.3) is 0 Å². The Hall–Kier alpha value is -2.53. The maximum atomic E-state index is 12.4. The van der Waals surface area contributed by atoms with E-state index in [0.29, 0.717) is 30.6 Å². The Morgan fingerprint density at radius 3 is 1.82 bits per heavy atom. The molecule has 1 saturated heterocycles. The van der Waals surface area contributed by atoms with Crippen molar-refractivity contribution in [1.29, 1.82) is 0 Å². The normalized spacial score (nSPS) is 14.6. The number of carbonyl (C=O) groups is 1. The maximum Gasteiger partial charge on any atom is 0.343 e. The number of hydrogen-bond donors (Lipinski definition) is 0. The third kappa shape index (κ3) is 10.6. The molecule has 0 amide bonds. The average molecular weight is 469 g/mol. The topological polar surface area (TPSA) is 57.3 Å². The number of esters is 1. The Bertz CT molecular complexity index is 811. The number of unbranched alkanes of at least 4 members (excludes halogenated alkanes) is 8. The largest absolute Gasteiger partial charge is 0.494 e. The van der Waals surface area contributed by atoms with Gasteiger partial charge in [-0.25, -0.2) is 4.79 Å². The minimum absolute atomic E-state index is 0.381. The molecule has 0 spiro atoms. The number of ether oxygens (including phenoxy) is 4. The van der Waals surface area contributed by atoms with Crippen LogP contribution in [-0.4, -0.2) is 31.9 Å². The molecule has 1 atom stereocenters. The van der Waals surface area contributed by atoms with E-state index in [1.165, 1.54) is 57.8 Å². The molecule has 0 radical (unpaired) electrons. The molecular weight excluding hydrogens is 428 g/mol. The molecule has 1 unspecified atom stereocenters. The van der Waals surface area contributed by atoms with Crippen LogP contribution < -0.4 is 14.2 Å². The SMILES string of the molecule is CCCCCCOc1ccc(OC(=O)c2ccc(OCCCCCCCCC3CO3)cc2)cc1. The standard InChI is InChI=1S/C29H40O5/c1-2-3-4-10-21-32-26-17-19-27(20-18-26)34-29(30)24-13-15-25(16-14-24)31-22-11-8-6-5-7-9-12-28-23-33-28/h13-20,28H,2-12,21-23H2,1H3. The van der Waals surface area contributed by atoms with Crippen molar-refractivity contribution in [2.24, 2.45) is 0 Å². The molecule has 2 aromatic carbocycles. The van der Waals surface area contributed by atoms with Crippen molar-refractivity contribution in [3.8, 4) is 17.2 Å². The minimum Gasteiger partial charge on any atom is -0.494 e. The number of rotatable bonds is 18. The molecule has 2 aromatic rings. The molecule has 1 aliphatic heterocycles. The van der Waals surface area contributed by atoms with Crippen LogP contribution in [-0.2, 0) is 4.74 Å². The van der Waals surface area contributed by atoms with Gasteiger partial charge in [0.05, 0.1) is 31.5 Å². The Labute approximate surface area is 204 Å². The van der Waals surface area contributed by atoms with E-state index in [1.54, 1.807) is 24.3 Å². The summed E-state index contributed by atoms with van der Waals surface area (Å²) in [4.78, 5) is 12.4. The molecule has 5 nitrogen and oxygen atoms in total. The molecule has 3 rings (SSSR count). The van der Waals surface area contributed by atoms with Crippen molar-refractivity contribution in [3.05, 3.63) is 54.1 Å². The fraction of sp³-hybridized carbons (Fsp3) is 0.552. The van der Waals surface area contributed by atoms with Crippen molar-refractivity contribution in [3.63, 3.8) is 0 Å². The van der Waals surface area contributed by atoms with Gasteiger partial charge in [0.15, 0.2) is 0 Å². The lowest BCUT2D eigenvalue weighted by Gasteiger charge is -2.09. The number of hydrogen-bond acceptors (Lipinski definition) is 5. The molecule has 0 bridgehead atoms. The number of carbonyl (C=O) groups excluding carboxylic acids is 1. The first-order valence-corrected chi connectivity index (χ1v) is 13.0. The van der Waals surface area contributed by atoms with Gasteiger partial charge in [-0.05, 0) is 67.8 Å². The van der Waals surface area contributed by atoms with Gasteiger partial charge in [-0.3, -0.25) is 0 Å². The highest BCUT2D eigenvalue weighted by Gasteiger charge is 2.20. The molecule has 34 heavy (non-hydrogen) atoms. The van der Waals surface area contributed by atoms with E-state index in [-0.39, 0.29) is 5.97 Å². The van der Waals surface area contributed by atoms with Crippen molar-refractivity contribution < 1.29 is 23.7 Å². The van der Waals surface area contributed by atoms with Gasteiger partial charge in [0.1, 0.15) is 17.2 Å². The monoisotopic (exact) mass is 468 g/mol. The van der Waals surface area contributed by atoms with Crippen LogP contribution in [0.1, 0.15) is 87.9 Å². The smallest absolute Gasteiger partial charge is 0.343 e. The van der Waals surface area contributed by atoms with Crippen LogP contribution in [0.3, 0.4) is 0 Å². The predicted molar refractivity (Wildman–Crippen MR) is 135 cm³/mol. The summed E-state index contributed by atoms with van der Waals surface area (Å²) in [6.45, 7) is 4.58. The summed E-state index contributed by atoms with van der Waals surface area (Å²) in [5.74, 6) is 1.69. The lowest BCUT2D eigenvalue weighted by molar-refractivity contribution is 0.0734. The van der Waals surface area contributed by atoms with Gasteiger partial charge in [0.2, 0.25) is 0 Å². The summed E-state index contributed by atoms with van der Waals surface area (Å²) < 4.78 is 22.3. The van der Waals surface area contributed by atoms with E-state index in [1.807, 2.05) is 24.3 Å². The third-order valence-electron chi connectivity index (χ3n) is 5.98. The van der Waals surface area contributed by atoms with Gasteiger partial charge in [-0.2, -0.15) is 0 Å². The molecule has 186 valence electrons. The van der Waals surface area contributed by atoms with Gasteiger partial charge in [0, 0.05) is 0 Å². The summed E-state index contributed by atoms with van der Waals surface area (Å²) in [5, 5.41) is 0. The molecule has 0 N–H and O–H groups in total. The Morgan fingerprint density at radius 1 is 0.735 bits per heavy atom. The van der Waals surface area contributed by atoms with Crippen molar-refractivity contribution in [2.45, 2.75) is 83.7 Å². The summed E-state index contributed by atoms with van der Waals surface area (Å²) in [6.07, 6.45) is 13.9.